The molecule has 0 radical (unpaired) electrons. The molecule has 0 bridgehead atoms. The lowest BCUT2D eigenvalue weighted by Crippen LogP contribution is -2.45. The van der Waals surface area contributed by atoms with E-state index in [1.807, 2.05) is 13.8 Å². The number of hydrogen-bond acceptors (Lipinski definition) is 4. The molecular weight excluding hydrogens is 224 g/mol. The van der Waals surface area contributed by atoms with E-state index in [-0.39, 0.29) is 6.10 Å². The molecule has 1 unspecified atom stereocenters. The molecule has 1 aliphatic heterocycles. The zero-order valence-corrected chi connectivity index (χ0v) is 11.7. The maximum Gasteiger partial charge on any atom is 0.361 e. The van der Waals surface area contributed by atoms with Gasteiger partial charge >= 0.3 is 8.56 Å². The molecule has 0 aromatic heterocycles. The van der Waals surface area contributed by atoms with E-state index in [4.69, 9.17) is 18.3 Å². The van der Waals surface area contributed by atoms with Gasteiger partial charge in [-0.2, -0.15) is 0 Å². The van der Waals surface area contributed by atoms with Gasteiger partial charge in [-0.25, -0.2) is 0 Å². The molecular formula is C11H24O4Si. The fourth-order valence-corrected chi connectivity index (χ4v) is 3.85. The summed E-state index contributed by atoms with van der Waals surface area (Å²) in [6.07, 6.45) is 3.14. The summed E-state index contributed by atoms with van der Waals surface area (Å²) < 4.78 is 22.5. The average Bonchev–Trinajstić information content (AvgIpc) is 2.71. The summed E-state index contributed by atoms with van der Waals surface area (Å²) in [4.78, 5) is 0. The van der Waals surface area contributed by atoms with E-state index in [0.717, 1.165) is 19.4 Å². The third kappa shape index (κ3) is 4.93. The number of rotatable bonds is 8. The van der Waals surface area contributed by atoms with Crippen molar-refractivity contribution in [2.24, 2.45) is 0 Å². The van der Waals surface area contributed by atoms with Crippen LogP contribution in [0.4, 0.5) is 0 Å². The highest BCUT2D eigenvalue weighted by molar-refractivity contribution is 6.65. The molecule has 1 heterocycles. The van der Waals surface area contributed by atoms with Crippen LogP contribution in [-0.4, -0.2) is 47.3 Å². The Kier molecular flexibility index (Phi) is 6.53. The first kappa shape index (κ1) is 14.1. The van der Waals surface area contributed by atoms with Gasteiger partial charge in [0.15, 0.2) is 0 Å². The van der Waals surface area contributed by atoms with Gasteiger partial charge in [0.2, 0.25) is 0 Å². The average molecular weight is 248 g/mol. The van der Waals surface area contributed by atoms with Crippen molar-refractivity contribution in [1.82, 2.24) is 0 Å². The van der Waals surface area contributed by atoms with E-state index in [1.54, 1.807) is 0 Å². The third-order valence-electron chi connectivity index (χ3n) is 2.59. The van der Waals surface area contributed by atoms with E-state index in [9.17, 15) is 0 Å². The van der Waals surface area contributed by atoms with Gasteiger partial charge in [-0.15, -0.1) is 0 Å². The standard InChI is InChI=1S/C11H24O4Si/c1-4-14-16(3,15-5-2)10-12-9-11-7-6-8-13-11/h11H,4-10H2,1-3H3. The lowest BCUT2D eigenvalue weighted by Gasteiger charge is -2.26. The van der Waals surface area contributed by atoms with Crippen LogP contribution in [0.2, 0.25) is 6.55 Å². The first-order valence-corrected chi connectivity index (χ1v) is 8.70. The summed E-state index contributed by atoms with van der Waals surface area (Å²) in [7, 11) is -2.10. The van der Waals surface area contributed by atoms with Crippen LogP contribution < -0.4 is 0 Å². The van der Waals surface area contributed by atoms with Crippen molar-refractivity contribution in [1.29, 1.82) is 0 Å². The molecule has 16 heavy (non-hydrogen) atoms. The molecule has 96 valence electrons. The van der Waals surface area contributed by atoms with Crippen molar-refractivity contribution in [3.05, 3.63) is 0 Å². The highest BCUT2D eigenvalue weighted by Gasteiger charge is 2.31. The van der Waals surface area contributed by atoms with E-state index in [0.29, 0.717) is 26.1 Å². The van der Waals surface area contributed by atoms with Gasteiger partial charge in [-0.1, -0.05) is 0 Å². The minimum Gasteiger partial charge on any atom is -0.393 e. The SMILES string of the molecule is CCO[Si](C)(COCC1CCCO1)OCC. The quantitative estimate of drug-likeness (QED) is 0.615. The Balaban J connectivity index is 2.20. The van der Waals surface area contributed by atoms with Crippen molar-refractivity contribution in [3.8, 4) is 0 Å². The first-order chi connectivity index (χ1) is 7.70. The molecule has 0 saturated carbocycles. The smallest absolute Gasteiger partial charge is 0.361 e. The summed E-state index contributed by atoms with van der Waals surface area (Å²) in [6.45, 7) is 8.95. The molecule has 0 amide bonds. The zero-order valence-electron chi connectivity index (χ0n) is 10.7. The topological polar surface area (TPSA) is 36.9 Å². The molecule has 1 fully saturated rings. The van der Waals surface area contributed by atoms with Crippen LogP contribution in [0.1, 0.15) is 26.7 Å². The summed E-state index contributed by atoms with van der Waals surface area (Å²) in [5.41, 5.74) is 0. The Labute approximate surface area is 99.5 Å². The lowest BCUT2D eigenvalue weighted by atomic mass is 10.2. The fraction of sp³-hybridized carbons (Fsp3) is 1.00. The highest BCUT2D eigenvalue weighted by atomic mass is 28.4. The number of ether oxygens (including phenoxy) is 2. The highest BCUT2D eigenvalue weighted by Crippen LogP contribution is 2.13. The van der Waals surface area contributed by atoms with Gasteiger partial charge in [0.05, 0.1) is 18.9 Å². The molecule has 0 aliphatic carbocycles. The second-order valence-electron chi connectivity index (χ2n) is 4.15. The van der Waals surface area contributed by atoms with Crippen molar-refractivity contribution in [2.45, 2.75) is 39.3 Å². The monoisotopic (exact) mass is 248 g/mol. The third-order valence-corrected chi connectivity index (χ3v) is 5.12. The summed E-state index contributed by atoms with van der Waals surface area (Å²) in [6, 6.07) is 0. The van der Waals surface area contributed by atoms with Gasteiger partial charge < -0.3 is 18.3 Å². The predicted molar refractivity (Wildman–Crippen MR) is 64.7 cm³/mol. The molecule has 4 nitrogen and oxygen atoms in total. The van der Waals surface area contributed by atoms with Crippen molar-refractivity contribution in [2.75, 3.05) is 32.7 Å². The van der Waals surface area contributed by atoms with Crippen LogP contribution >= 0.6 is 0 Å². The van der Waals surface area contributed by atoms with Crippen molar-refractivity contribution < 1.29 is 18.3 Å². The summed E-state index contributed by atoms with van der Waals surface area (Å²) in [5.74, 6) is 0. The molecule has 0 aromatic rings. The molecule has 0 aromatic carbocycles. The van der Waals surface area contributed by atoms with E-state index < -0.39 is 8.56 Å². The lowest BCUT2D eigenvalue weighted by molar-refractivity contribution is 0.0193. The Bertz CT molecular complexity index is 177. The van der Waals surface area contributed by atoms with Crippen LogP contribution in [0.5, 0.6) is 0 Å². The second-order valence-corrected chi connectivity index (χ2v) is 7.28. The Hall–Kier alpha value is 0.0569. The van der Waals surface area contributed by atoms with Crippen LogP contribution in [0, 0.1) is 0 Å². The van der Waals surface area contributed by atoms with Gasteiger partial charge in [0.1, 0.15) is 0 Å². The number of hydrogen-bond donors (Lipinski definition) is 0. The maximum absolute atomic E-state index is 5.69. The Morgan fingerprint density at radius 2 is 1.94 bits per heavy atom. The largest absolute Gasteiger partial charge is 0.393 e. The Morgan fingerprint density at radius 1 is 1.25 bits per heavy atom. The first-order valence-electron chi connectivity index (χ1n) is 6.17. The molecule has 0 spiro atoms. The van der Waals surface area contributed by atoms with Crippen LogP contribution in [-0.2, 0) is 18.3 Å². The minimum absolute atomic E-state index is 0.279. The van der Waals surface area contributed by atoms with Crippen LogP contribution in [0.25, 0.3) is 0 Å². The molecule has 0 N–H and O–H groups in total. The molecule has 1 saturated heterocycles. The van der Waals surface area contributed by atoms with Crippen LogP contribution in [0.3, 0.4) is 0 Å². The normalized spacial score (nSPS) is 21.6. The van der Waals surface area contributed by atoms with Crippen molar-refractivity contribution >= 4 is 8.56 Å². The van der Waals surface area contributed by atoms with Gasteiger partial charge in [-0.3, -0.25) is 0 Å². The van der Waals surface area contributed by atoms with Gasteiger partial charge in [0.25, 0.3) is 0 Å². The van der Waals surface area contributed by atoms with E-state index >= 15 is 0 Å². The Morgan fingerprint density at radius 3 is 2.44 bits per heavy atom. The maximum atomic E-state index is 5.69. The summed E-state index contributed by atoms with van der Waals surface area (Å²) >= 11 is 0. The minimum atomic E-state index is -2.10. The van der Waals surface area contributed by atoms with Gasteiger partial charge in [0, 0.05) is 19.8 Å². The van der Waals surface area contributed by atoms with Crippen LogP contribution in [0.15, 0.2) is 0 Å². The van der Waals surface area contributed by atoms with E-state index in [1.165, 1.54) is 0 Å². The summed E-state index contributed by atoms with van der Waals surface area (Å²) in [5, 5.41) is 0. The molecule has 1 aliphatic rings. The molecule has 1 atom stereocenters. The zero-order chi connectivity index (χ0) is 11.9. The van der Waals surface area contributed by atoms with Gasteiger partial charge in [-0.05, 0) is 33.2 Å². The fourth-order valence-electron chi connectivity index (χ4n) is 1.89. The molecule has 5 heteroatoms. The predicted octanol–water partition coefficient (Wildman–Crippen LogP) is 1.87. The second kappa shape index (κ2) is 7.40. The van der Waals surface area contributed by atoms with E-state index in [2.05, 4.69) is 6.55 Å². The van der Waals surface area contributed by atoms with Crippen molar-refractivity contribution in [3.63, 3.8) is 0 Å². The molecule has 1 rings (SSSR count).